The van der Waals surface area contributed by atoms with E-state index >= 15 is 0 Å². The minimum atomic E-state index is -1.19. The lowest BCUT2D eigenvalue weighted by molar-refractivity contribution is 0.0594. The molecule has 7 heteroatoms. The molecule has 1 rings (SSSR count). The highest BCUT2D eigenvalue weighted by Gasteiger charge is 2.19. The molecule has 5 nitrogen and oxygen atoms in total. The average Bonchev–Trinajstić information content (AvgIpc) is 2.27. The van der Waals surface area contributed by atoms with Crippen molar-refractivity contribution in [3.05, 3.63) is 28.3 Å². The van der Waals surface area contributed by atoms with Crippen LogP contribution in [-0.4, -0.2) is 31.3 Å². The smallest absolute Gasteiger partial charge is 0.341 e. The first-order valence-electron chi connectivity index (χ1n) is 4.20. The van der Waals surface area contributed by atoms with Crippen LogP contribution in [0, 0.1) is 0 Å². The number of benzene rings is 1. The highest BCUT2D eigenvalue weighted by Crippen LogP contribution is 2.27. The molecule has 0 bridgehead atoms. The largest absolute Gasteiger partial charge is 0.496 e. The van der Waals surface area contributed by atoms with Gasteiger partial charge in [-0.25, -0.2) is 9.59 Å². The van der Waals surface area contributed by atoms with Crippen LogP contribution in [0.1, 0.15) is 20.7 Å². The van der Waals surface area contributed by atoms with Crippen LogP contribution < -0.4 is 4.74 Å². The lowest BCUT2D eigenvalue weighted by atomic mass is 10.1. The second-order valence-corrected chi connectivity index (χ2v) is 3.24. The van der Waals surface area contributed by atoms with Crippen molar-refractivity contribution in [1.29, 1.82) is 0 Å². The molecular formula is C10H10Cl2O5. The molecule has 17 heavy (non-hydrogen) atoms. The van der Waals surface area contributed by atoms with Crippen LogP contribution in [0.3, 0.4) is 0 Å². The molecule has 0 aliphatic rings. The summed E-state index contributed by atoms with van der Waals surface area (Å²) in [7, 11) is 2.53. The second kappa shape index (κ2) is 6.32. The Labute approximate surface area is 109 Å². The van der Waals surface area contributed by atoms with Crippen molar-refractivity contribution in [3.63, 3.8) is 0 Å². The average molecular weight is 281 g/mol. The summed E-state index contributed by atoms with van der Waals surface area (Å²) in [6.07, 6.45) is 0. The maximum absolute atomic E-state index is 11.3. The standard InChI is InChI=1S/C10H9ClO5.ClH/c1-15-8-4-5(9(12)13)7(11)3-6(8)10(14)16-2;/h3-4H,1-2H3,(H,12,13);1H. The summed E-state index contributed by atoms with van der Waals surface area (Å²) in [5, 5.41) is 8.77. The van der Waals surface area contributed by atoms with Crippen molar-refractivity contribution in [2.24, 2.45) is 0 Å². The first-order valence-corrected chi connectivity index (χ1v) is 4.58. The number of esters is 1. The van der Waals surface area contributed by atoms with Crippen molar-refractivity contribution in [2.75, 3.05) is 14.2 Å². The molecule has 1 aromatic carbocycles. The molecule has 0 radical (unpaired) electrons. The van der Waals surface area contributed by atoms with E-state index in [-0.39, 0.29) is 34.3 Å². The Morgan fingerprint density at radius 3 is 2.24 bits per heavy atom. The third kappa shape index (κ3) is 3.25. The fourth-order valence-corrected chi connectivity index (χ4v) is 1.40. The monoisotopic (exact) mass is 280 g/mol. The summed E-state index contributed by atoms with van der Waals surface area (Å²) in [4.78, 5) is 22.1. The van der Waals surface area contributed by atoms with Gasteiger partial charge in [0.05, 0.1) is 24.8 Å². The van der Waals surface area contributed by atoms with Gasteiger partial charge in [-0.2, -0.15) is 0 Å². The molecule has 0 aliphatic heterocycles. The van der Waals surface area contributed by atoms with E-state index in [1.807, 2.05) is 0 Å². The zero-order valence-corrected chi connectivity index (χ0v) is 10.6. The number of halogens is 2. The molecule has 0 amide bonds. The van der Waals surface area contributed by atoms with E-state index in [0.717, 1.165) is 0 Å². The van der Waals surface area contributed by atoms with E-state index in [4.69, 9.17) is 21.4 Å². The Balaban J connectivity index is 0.00000256. The molecule has 0 unspecified atom stereocenters. The predicted octanol–water partition coefficient (Wildman–Crippen LogP) is 2.26. The number of rotatable bonds is 3. The number of aromatic carboxylic acids is 1. The summed E-state index contributed by atoms with van der Waals surface area (Å²) < 4.78 is 9.40. The van der Waals surface area contributed by atoms with Crippen molar-refractivity contribution < 1.29 is 24.2 Å². The number of methoxy groups -OCH3 is 2. The fourth-order valence-electron chi connectivity index (χ4n) is 1.16. The van der Waals surface area contributed by atoms with Gasteiger partial charge in [0.2, 0.25) is 0 Å². The summed E-state index contributed by atoms with van der Waals surface area (Å²) in [6, 6.07) is 2.38. The molecule has 0 aliphatic carbocycles. The number of carbonyl (C=O) groups excluding carboxylic acids is 1. The molecule has 0 heterocycles. The molecule has 0 spiro atoms. The normalized spacial score (nSPS) is 9.12. The van der Waals surface area contributed by atoms with E-state index in [1.54, 1.807) is 0 Å². The Morgan fingerprint density at radius 1 is 1.24 bits per heavy atom. The quantitative estimate of drug-likeness (QED) is 0.860. The number of carbonyl (C=O) groups is 2. The molecular weight excluding hydrogens is 271 g/mol. The van der Waals surface area contributed by atoms with Gasteiger partial charge in [-0.3, -0.25) is 0 Å². The number of hydrogen-bond acceptors (Lipinski definition) is 4. The molecule has 0 aromatic heterocycles. The van der Waals surface area contributed by atoms with Crippen molar-refractivity contribution in [3.8, 4) is 5.75 Å². The Kier molecular flexibility index (Phi) is 5.78. The van der Waals surface area contributed by atoms with Crippen LogP contribution in [0.2, 0.25) is 5.02 Å². The van der Waals surface area contributed by atoms with Crippen molar-refractivity contribution >= 4 is 35.9 Å². The van der Waals surface area contributed by atoms with Gasteiger partial charge in [-0.15, -0.1) is 12.4 Å². The summed E-state index contributed by atoms with van der Waals surface area (Å²) >= 11 is 5.71. The van der Waals surface area contributed by atoms with Gasteiger partial charge in [0.25, 0.3) is 0 Å². The first-order chi connectivity index (χ1) is 7.51. The zero-order valence-electron chi connectivity index (χ0n) is 9.02. The SMILES string of the molecule is COC(=O)c1cc(Cl)c(C(=O)O)cc1OC.Cl. The van der Waals surface area contributed by atoms with Gasteiger partial charge in [0.15, 0.2) is 0 Å². The van der Waals surface area contributed by atoms with Crippen LogP contribution in [-0.2, 0) is 4.74 Å². The topological polar surface area (TPSA) is 72.8 Å². The predicted molar refractivity (Wildman–Crippen MR) is 63.6 cm³/mol. The minimum Gasteiger partial charge on any atom is -0.496 e. The number of carboxylic acids is 1. The lowest BCUT2D eigenvalue weighted by Gasteiger charge is -2.08. The van der Waals surface area contributed by atoms with E-state index in [1.165, 1.54) is 26.4 Å². The number of hydrogen-bond donors (Lipinski definition) is 1. The third-order valence-corrected chi connectivity index (χ3v) is 2.24. The van der Waals surface area contributed by atoms with E-state index in [0.29, 0.717) is 0 Å². The molecule has 94 valence electrons. The van der Waals surface area contributed by atoms with Gasteiger partial charge in [-0.1, -0.05) is 11.6 Å². The van der Waals surface area contributed by atoms with Gasteiger partial charge in [-0.05, 0) is 12.1 Å². The summed E-state index contributed by atoms with van der Waals surface area (Å²) in [5.74, 6) is -1.73. The molecule has 0 atom stereocenters. The number of carboxylic acid groups (broad SMARTS) is 1. The van der Waals surface area contributed by atoms with Crippen molar-refractivity contribution in [1.82, 2.24) is 0 Å². The molecule has 1 N–H and O–H groups in total. The van der Waals surface area contributed by atoms with Crippen LogP contribution >= 0.6 is 24.0 Å². The van der Waals surface area contributed by atoms with Gasteiger partial charge >= 0.3 is 11.9 Å². The van der Waals surface area contributed by atoms with Crippen LogP contribution in [0.25, 0.3) is 0 Å². The zero-order chi connectivity index (χ0) is 12.3. The second-order valence-electron chi connectivity index (χ2n) is 2.83. The Bertz CT molecular complexity index is 445. The van der Waals surface area contributed by atoms with Crippen molar-refractivity contribution in [2.45, 2.75) is 0 Å². The molecule has 0 saturated carbocycles. The van der Waals surface area contributed by atoms with Gasteiger partial charge < -0.3 is 14.6 Å². The van der Waals surface area contributed by atoms with Gasteiger partial charge in [0.1, 0.15) is 11.3 Å². The maximum atomic E-state index is 11.3. The van der Waals surface area contributed by atoms with Gasteiger partial charge in [0, 0.05) is 0 Å². The highest BCUT2D eigenvalue weighted by molar-refractivity contribution is 6.34. The maximum Gasteiger partial charge on any atom is 0.341 e. The Morgan fingerprint density at radius 2 is 1.82 bits per heavy atom. The lowest BCUT2D eigenvalue weighted by Crippen LogP contribution is -2.07. The number of ether oxygens (including phenoxy) is 2. The van der Waals surface area contributed by atoms with E-state index < -0.39 is 11.9 Å². The Hall–Kier alpha value is -1.46. The summed E-state index contributed by atoms with van der Waals surface area (Å²) in [5.41, 5.74) is -0.0498. The van der Waals surface area contributed by atoms with E-state index in [9.17, 15) is 9.59 Å². The van der Waals surface area contributed by atoms with E-state index in [2.05, 4.69) is 4.74 Å². The van der Waals surface area contributed by atoms with Crippen LogP contribution in [0.15, 0.2) is 12.1 Å². The van der Waals surface area contributed by atoms with Crippen LogP contribution in [0.5, 0.6) is 5.75 Å². The third-order valence-electron chi connectivity index (χ3n) is 1.92. The highest BCUT2D eigenvalue weighted by atomic mass is 35.5. The fraction of sp³-hybridized carbons (Fsp3) is 0.200. The molecule has 1 aromatic rings. The first kappa shape index (κ1) is 15.5. The minimum absolute atomic E-state index is 0. The molecule has 0 fully saturated rings. The van der Waals surface area contributed by atoms with Crippen LogP contribution in [0.4, 0.5) is 0 Å². The molecule has 0 saturated heterocycles. The summed E-state index contributed by atoms with van der Waals surface area (Å²) in [6.45, 7) is 0.